The molecular formula is C14H19ClN2O2. The van der Waals surface area contributed by atoms with E-state index in [1.807, 2.05) is 0 Å². The Bertz CT molecular complexity index is 471. The van der Waals surface area contributed by atoms with Crippen molar-refractivity contribution < 1.29 is 9.53 Å². The van der Waals surface area contributed by atoms with Crippen LogP contribution in [-0.2, 0) is 0 Å². The zero-order valence-electron chi connectivity index (χ0n) is 10.8. The van der Waals surface area contributed by atoms with E-state index in [2.05, 4.69) is 0 Å². The molecule has 2 rings (SSSR count). The summed E-state index contributed by atoms with van der Waals surface area (Å²) in [5.41, 5.74) is 11.6. The van der Waals surface area contributed by atoms with Crippen molar-refractivity contribution in [1.29, 1.82) is 0 Å². The Labute approximate surface area is 118 Å². The minimum Gasteiger partial charge on any atom is -0.491 e. The smallest absolute Gasteiger partial charge is 0.252 e. The van der Waals surface area contributed by atoms with E-state index in [0.717, 1.165) is 0 Å². The zero-order chi connectivity index (χ0) is 13.8. The van der Waals surface area contributed by atoms with Gasteiger partial charge in [0.1, 0.15) is 0 Å². The Morgan fingerprint density at radius 2 is 2.00 bits per heavy atom. The molecular weight excluding hydrogens is 264 g/mol. The van der Waals surface area contributed by atoms with Crippen LogP contribution in [-0.4, -0.2) is 12.5 Å². The third kappa shape index (κ3) is 3.53. The number of anilines is 1. The highest BCUT2D eigenvalue weighted by atomic mass is 35.5. The first-order valence-corrected chi connectivity index (χ1v) is 6.97. The van der Waals surface area contributed by atoms with E-state index in [-0.39, 0.29) is 5.56 Å². The van der Waals surface area contributed by atoms with Crippen molar-refractivity contribution in [3.63, 3.8) is 0 Å². The number of nitrogens with two attached hydrogens (primary N) is 2. The molecule has 0 aliphatic heterocycles. The Kier molecular flexibility index (Phi) is 4.53. The lowest BCUT2D eigenvalue weighted by Crippen LogP contribution is -2.18. The van der Waals surface area contributed by atoms with Gasteiger partial charge in [0.05, 0.1) is 17.2 Å². The molecule has 1 aromatic carbocycles. The van der Waals surface area contributed by atoms with Gasteiger partial charge in [-0.05, 0) is 30.9 Å². The van der Waals surface area contributed by atoms with Gasteiger partial charge in [0.2, 0.25) is 0 Å². The molecule has 0 radical (unpaired) electrons. The van der Waals surface area contributed by atoms with E-state index < -0.39 is 5.91 Å². The van der Waals surface area contributed by atoms with Crippen LogP contribution in [0.4, 0.5) is 5.69 Å². The fourth-order valence-corrected chi connectivity index (χ4v) is 2.78. The second kappa shape index (κ2) is 6.15. The normalized spacial score (nSPS) is 16.3. The highest BCUT2D eigenvalue weighted by Crippen LogP contribution is 2.33. The molecule has 1 fully saturated rings. The van der Waals surface area contributed by atoms with Crippen molar-refractivity contribution in [2.45, 2.75) is 32.1 Å². The monoisotopic (exact) mass is 282 g/mol. The van der Waals surface area contributed by atoms with Gasteiger partial charge >= 0.3 is 0 Å². The minimum absolute atomic E-state index is 0.251. The molecule has 0 saturated heterocycles. The SMILES string of the molecule is NC(=O)c1cc(N)cc(Cl)c1OCC1CCCCC1. The molecule has 0 bridgehead atoms. The van der Waals surface area contributed by atoms with Gasteiger partial charge in [-0.25, -0.2) is 0 Å². The molecule has 4 N–H and O–H groups in total. The molecule has 1 saturated carbocycles. The van der Waals surface area contributed by atoms with Crippen LogP contribution in [0.3, 0.4) is 0 Å². The lowest BCUT2D eigenvalue weighted by Gasteiger charge is -2.22. The molecule has 4 nitrogen and oxygen atoms in total. The summed E-state index contributed by atoms with van der Waals surface area (Å²) >= 11 is 6.08. The van der Waals surface area contributed by atoms with Crippen LogP contribution < -0.4 is 16.2 Å². The predicted molar refractivity (Wildman–Crippen MR) is 76.5 cm³/mol. The Morgan fingerprint density at radius 3 is 2.63 bits per heavy atom. The van der Waals surface area contributed by atoms with E-state index in [4.69, 9.17) is 27.8 Å². The highest BCUT2D eigenvalue weighted by molar-refractivity contribution is 6.33. The van der Waals surface area contributed by atoms with Gasteiger partial charge in [0.25, 0.3) is 5.91 Å². The van der Waals surface area contributed by atoms with E-state index in [1.54, 1.807) is 6.07 Å². The van der Waals surface area contributed by atoms with Crippen LogP contribution in [0.2, 0.25) is 5.02 Å². The number of hydrogen-bond donors (Lipinski definition) is 2. The van der Waals surface area contributed by atoms with Crippen LogP contribution in [0.25, 0.3) is 0 Å². The molecule has 0 aromatic heterocycles. The van der Waals surface area contributed by atoms with E-state index >= 15 is 0 Å². The summed E-state index contributed by atoms with van der Waals surface area (Å²) in [6, 6.07) is 3.08. The average Bonchev–Trinajstić information content (AvgIpc) is 2.38. The molecule has 0 spiro atoms. The lowest BCUT2D eigenvalue weighted by molar-refractivity contribution is 0.0994. The number of carbonyl (C=O) groups is 1. The first-order valence-electron chi connectivity index (χ1n) is 6.59. The van der Waals surface area contributed by atoms with Gasteiger partial charge < -0.3 is 16.2 Å². The van der Waals surface area contributed by atoms with E-state index in [9.17, 15) is 4.79 Å². The van der Waals surface area contributed by atoms with Crippen molar-refractivity contribution in [3.8, 4) is 5.75 Å². The maximum atomic E-state index is 11.4. The van der Waals surface area contributed by atoms with Crippen molar-refractivity contribution in [2.75, 3.05) is 12.3 Å². The third-order valence-electron chi connectivity index (χ3n) is 3.52. The Hall–Kier alpha value is -1.42. The number of nitrogen functional groups attached to an aromatic ring is 1. The summed E-state index contributed by atoms with van der Waals surface area (Å²) in [6.07, 6.45) is 6.11. The summed E-state index contributed by atoms with van der Waals surface area (Å²) in [4.78, 5) is 11.4. The van der Waals surface area contributed by atoms with Crippen molar-refractivity contribution in [2.24, 2.45) is 11.7 Å². The number of carbonyl (C=O) groups excluding carboxylic acids is 1. The van der Waals surface area contributed by atoms with Gasteiger partial charge in [-0.3, -0.25) is 4.79 Å². The van der Waals surface area contributed by atoms with Crippen LogP contribution in [0.1, 0.15) is 42.5 Å². The maximum Gasteiger partial charge on any atom is 0.252 e. The third-order valence-corrected chi connectivity index (χ3v) is 3.80. The van der Waals surface area contributed by atoms with Crippen LogP contribution >= 0.6 is 11.6 Å². The number of primary amides is 1. The van der Waals surface area contributed by atoms with Gasteiger partial charge in [0, 0.05) is 5.69 Å². The predicted octanol–water partition coefficient (Wildman–Crippen LogP) is 2.98. The number of amides is 1. The van der Waals surface area contributed by atoms with Gasteiger partial charge in [-0.15, -0.1) is 0 Å². The molecule has 0 unspecified atom stereocenters. The number of benzene rings is 1. The molecule has 1 aromatic rings. The average molecular weight is 283 g/mol. The summed E-state index contributed by atoms with van der Waals surface area (Å²) in [6.45, 7) is 0.573. The molecule has 19 heavy (non-hydrogen) atoms. The maximum absolute atomic E-state index is 11.4. The fraction of sp³-hybridized carbons (Fsp3) is 0.500. The topological polar surface area (TPSA) is 78.3 Å². The largest absolute Gasteiger partial charge is 0.491 e. The van der Waals surface area contributed by atoms with Crippen LogP contribution in [0.15, 0.2) is 12.1 Å². The van der Waals surface area contributed by atoms with Crippen molar-refractivity contribution in [3.05, 3.63) is 22.7 Å². The number of hydrogen-bond acceptors (Lipinski definition) is 3. The molecule has 1 aliphatic rings. The molecule has 0 atom stereocenters. The number of ether oxygens (including phenoxy) is 1. The van der Waals surface area contributed by atoms with E-state index in [0.29, 0.717) is 29.0 Å². The fourth-order valence-electron chi connectivity index (χ4n) is 2.50. The first kappa shape index (κ1) is 14.0. The second-order valence-corrected chi connectivity index (χ2v) is 5.47. The first-order chi connectivity index (χ1) is 9.08. The minimum atomic E-state index is -0.576. The Balaban J connectivity index is 2.12. The van der Waals surface area contributed by atoms with E-state index in [1.165, 1.54) is 38.2 Å². The number of halogens is 1. The molecule has 5 heteroatoms. The quantitative estimate of drug-likeness (QED) is 0.833. The van der Waals surface area contributed by atoms with Crippen molar-refractivity contribution >= 4 is 23.2 Å². The number of rotatable bonds is 4. The van der Waals surface area contributed by atoms with Gasteiger partial charge in [-0.1, -0.05) is 30.9 Å². The van der Waals surface area contributed by atoms with Crippen LogP contribution in [0, 0.1) is 5.92 Å². The van der Waals surface area contributed by atoms with Gasteiger partial charge in [0.15, 0.2) is 5.75 Å². The summed E-state index contributed by atoms with van der Waals surface area (Å²) < 4.78 is 5.74. The highest BCUT2D eigenvalue weighted by Gasteiger charge is 2.18. The second-order valence-electron chi connectivity index (χ2n) is 5.06. The molecule has 0 heterocycles. The van der Waals surface area contributed by atoms with Gasteiger partial charge in [-0.2, -0.15) is 0 Å². The lowest BCUT2D eigenvalue weighted by atomic mass is 9.90. The van der Waals surface area contributed by atoms with Crippen LogP contribution in [0.5, 0.6) is 5.75 Å². The standard InChI is InChI=1S/C14H19ClN2O2/c15-12-7-10(16)6-11(14(17)18)13(12)19-8-9-4-2-1-3-5-9/h6-7,9H,1-5,8,16H2,(H2,17,18). The van der Waals surface area contributed by atoms with Crippen molar-refractivity contribution in [1.82, 2.24) is 0 Å². The molecule has 104 valence electrons. The summed E-state index contributed by atoms with van der Waals surface area (Å²) in [7, 11) is 0. The summed E-state index contributed by atoms with van der Waals surface area (Å²) in [5.74, 6) is 0.310. The summed E-state index contributed by atoms with van der Waals surface area (Å²) in [5, 5.41) is 0.338. The molecule has 1 amide bonds. The zero-order valence-corrected chi connectivity index (χ0v) is 11.6. The molecule has 1 aliphatic carbocycles. The Morgan fingerprint density at radius 1 is 1.32 bits per heavy atom.